The Bertz CT molecular complexity index is 1060. The van der Waals surface area contributed by atoms with Crippen molar-refractivity contribution < 1.29 is 27.4 Å². The molecule has 0 saturated heterocycles. The molecule has 162 valence electrons. The number of benzene rings is 2. The van der Waals surface area contributed by atoms with Crippen molar-refractivity contribution in [2.75, 3.05) is 19.8 Å². The lowest BCUT2D eigenvalue weighted by Crippen LogP contribution is -2.27. The fourth-order valence-corrected chi connectivity index (χ4v) is 3.96. The Balaban J connectivity index is 1.28. The number of hydrogen-bond donors (Lipinski definition) is 1. The monoisotopic (exact) mass is 448 g/mol. The Hall–Kier alpha value is -3.07. The number of aromatic nitrogens is 1. The molecule has 1 aliphatic heterocycles. The minimum absolute atomic E-state index is 0.109. The molecule has 0 atom stereocenters. The molecule has 3 aromatic rings. The van der Waals surface area contributed by atoms with Crippen molar-refractivity contribution in [3.8, 4) is 22.1 Å². The summed E-state index contributed by atoms with van der Waals surface area (Å²) in [5.41, 5.74) is 1.49. The van der Waals surface area contributed by atoms with Gasteiger partial charge in [-0.1, -0.05) is 18.2 Å². The maximum absolute atomic E-state index is 12.7. The van der Waals surface area contributed by atoms with Gasteiger partial charge in [-0.15, -0.1) is 11.3 Å². The maximum atomic E-state index is 12.7. The molecule has 5 nitrogen and oxygen atoms in total. The van der Waals surface area contributed by atoms with Crippen molar-refractivity contribution in [3.63, 3.8) is 0 Å². The smallest absolute Gasteiger partial charge is 0.416 e. The van der Waals surface area contributed by atoms with Crippen LogP contribution in [0.3, 0.4) is 0 Å². The number of ether oxygens (including phenoxy) is 2. The Kier molecular flexibility index (Phi) is 6.13. The van der Waals surface area contributed by atoms with Crippen LogP contribution in [0.2, 0.25) is 0 Å². The molecule has 31 heavy (non-hydrogen) atoms. The van der Waals surface area contributed by atoms with Crippen molar-refractivity contribution >= 4 is 17.2 Å². The van der Waals surface area contributed by atoms with Gasteiger partial charge in [0.05, 0.1) is 17.7 Å². The summed E-state index contributed by atoms with van der Waals surface area (Å²) in [4.78, 5) is 16.6. The Morgan fingerprint density at radius 3 is 2.55 bits per heavy atom. The minimum Gasteiger partial charge on any atom is -0.486 e. The molecule has 0 bridgehead atoms. The van der Waals surface area contributed by atoms with Crippen molar-refractivity contribution in [2.24, 2.45) is 0 Å². The van der Waals surface area contributed by atoms with Crippen LogP contribution in [0.5, 0.6) is 11.5 Å². The third-order valence-corrected chi connectivity index (χ3v) is 5.64. The lowest BCUT2D eigenvalue weighted by molar-refractivity contribution is -0.137. The highest BCUT2D eigenvalue weighted by Gasteiger charge is 2.30. The molecule has 1 amide bonds. The number of halogens is 3. The normalized spacial score (nSPS) is 13.1. The summed E-state index contributed by atoms with van der Waals surface area (Å²) in [5, 5.41) is 5.18. The predicted molar refractivity (Wildman–Crippen MR) is 110 cm³/mol. The summed E-state index contributed by atoms with van der Waals surface area (Å²) in [6.45, 7) is 1.53. The number of carbonyl (C=O) groups is 1. The van der Waals surface area contributed by atoms with Crippen molar-refractivity contribution in [1.82, 2.24) is 10.3 Å². The van der Waals surface area contributed by atoms with Crippen LogP contribution in [0.25, 0.3) is 10.6 Å². The number of nitrogens with zero attached hydrogens (tertiary/aromatic N) is 1. The van der Waals surface area contributed by atoms with Crippen LogP contribution in [0, 0.1) is 0 Å². The van der Waals surface area contributed by atoms with Crippen molar-refractivity contribution in [1.29, 1.82) is 0 Å². The molecule has 0 aliphatic carbocycles. The van der Waals surface area contributed by atoms with Gasteiger partial charge >= 0.3 is 6.18 Å². The fraction of sp³-hybridized carbons (Fsp3) is 0.273. The van der Waals surface area contributed by atoms with Gasteiger partial charge in [-0.2, -0.15) is 13.2 Å². The first-order valence-electron chi connectivity index (χ1n) is 9.66. The van der Waals surface area contributed by atoms with Crippen LogP contribution >= 0.6 is 11.3 Å². The van der Waals surface area contributed by atoms with Crippen molar-refractivity contribution in [3.05, 3.63) is 64.7 Å². The van der Waals surface area contributed by atoms with E-state index in [0.29, 0.717) is 48.2 Å². The van der Waals surface area contributed by atoms with Crippen molar-refractivity contribution in [2.45, 2.75) is 19.0 Å². The summed E-state index contributed by atoms with van der Waals surface area (Å²) in [6.07, 6.45) is -3.61. The average molecular weight is 448 g/mol. The first-order valence-corrected chi connectivity index (χ1v) is 10.5. The van der Waals surface area contributed by atoms with Crippen LogP contribution in [0.1, 0.15) is 16.8 Å². The molecule has 0 fully saturated rings. The largest absolute Gasteiger partial charge is 0.486 e. The van der Waals surface area contributed by atoms with Gasteiger partial charge in [-0.3, -0.25) is 4.79 Å². The highest BCUT2D eigenvalue weighted by Crippen LogP contribution is 2.32. The van der Waals surface area contributed by atoms with E-state index in [-0.39, 0.29) is 12.3 Å². The molecule has 2 aromatic carbocycles. The Morgan fingerprint density at radius 2 is 1.81 bits per heavy atom. The number of carbonyl (C=O) groups excluding carboxylic acids is 1. The van der Waals surface area contributed by atoms with Crippen LogP contribution in [-0.4, -0.2) is 30.6 Å². The maximum Gasteiger partial charge on any atom is 0.416 e. The summed E-state index contributed by atoms with van der Waals surface area (Å²) in [6, 6.07) is 10.6. The van der Waals surface area contributed by atoms with Gasteiger partial charge in [0, 0.05) is 17.5 Å². The molecule has 1 aromatic heterocycles. The average Bonchev–Trinajstić information content (AvgIpc) is 3.21. The minimum atomic E-state index is -4.37. The third kappa shape index (κ3) is 5.35. The van der Waals surface area contributed by atoms with Crippen LogP contribution in [0.15, 0.2) is 47.8 Å². The van der Waals surface area contributed by atoms with Gasteiger partial charge in [-0.25, -0.2) is 4.98 Å². The number of fused-ring (bicyclic) bond motifs is 1. The van der Waals surface area contributed by atoms with Gasteiger partial charge in [0.15, 0.2) is 11.5 Å². The molecule has 9 heteroatoms. The number of amides is 1. The topological polar surface area (TPSA) is 60.5 Å². The SMILES string of the molecule is O=C(Cc1csc(-c2ccc(C(F)(F)F)cc2)n1)NCCc1ccc2c(c1)OCCO2. The zero-order valence-corrected chi connectivity index (χ0v) is 17.2. The summed E-state index contributed by atoms with van der Waals surface area (Å²) < 4.78 is 49.1. The van der Waals surface area contributed by atoms with E-state index in [1.165, 1.54) is 23.5 Å². The number of nitrogens with one attached hydrogen (secondary N) is 1. The first-order chi connectivity index (χ1) is 14.9. The first kappa shape index (κ1) is 21.2. The molecule has 1 N–H and O–H groups in total. The standard InChI is InChI=1S/C22H19F3N2O3S/c23-22(24,25)16-4-2-15(3-5-16)21-27-17(13-31-21)12-20(28)26-8-7-14-1-6-18-19(11-14)30-10-9-29-18/h1-6,11,13H,7-10,12H2,(H,26,28). The zero-order valence-electron chi connectivity index (χ0n) is 16.4. The van der Waals surface area contributed by atoms with Crippen LogP contribution in [0.4, 0.5) is 13.2 Å². The Morgan fingerprint density at radius 1 is 1.06 bits per heavy atom. The second-order valence-corrected chi connectivity index (χ2v) is 7.83. The Labute approximate surface area is 180 Å². The molecule has 0 spiro atoms. The van der Waals surface area contributed by atoms with Gasteiger partial charge in [0.25, 0.3) is 0 Å². The summed E-state index contributed by atoms with van der Waals surface area (Å²) >= 11 is 1.29. The second-order valence-electron chi connectivity index (χ2n) is 6.97. The van der Waals surface area contributed by atoms with E-state index in [9.17, 15) is 18.0 Å². The third-order valence-electron chi connectivity index (χ3n) is 4.70. The lowest BCUT2D eigenvalue weighted by atomic mass is 10.1. The summed E-state index contributed by atoms with van der Waals surface area (Å²) in [5.74, 6) is 1.28. The highest BCUT2D eigenvalue weighted by molar-refractivity contribution is 7.13. The van der Waals surface area contributed by atoms with E-state index in [0.717, 1.165) is 23.4 Å². The summed E-state index contributed by atoms with van der Waals surface area (Å²) in [7, 11) is 0. The quantitative estimate of drug-likeness (QED) is 0.603. The van der Waals surface area contributed by atoms with Crippen LogP contribution < -0.4 is 14.8 Å². The molecule has 2 heterocycles. The van der Waals surface area contributed by atoms with Crippen LogP contribution in [-0.2, 0) is 23.8 Å². The molecular weight excluding hydrogens is 429 g/mol. The van der Waals surface area contributed by atoms with E-state index < -0.39 is 11.7 Å². The number of hydrogen-bond acceptors (Lipinski definition) is 5. The second kappa shape index (κ2) is 8.97. The molecule has 0 radical (unpaired) electrons. The lowest BCUT2D eigenvalue weighted by Gasteiger charge is -2.18. The van der Waals surface area contributed by atoms with E-state index in [4.69, 9.17) is 9.47 Å². The number of rotatable bonds is 6. The molecule has 0 saturated carbocycles. The predicted octanol–water partition coefficient (Wildman–Crippen LogP) is 4.50. The fourth-order valence-electron chi connectivity index (χ4n) is 3.14. The van der Waals surface area contributed by atoms with E-state index in [1.54, 1.807) is 5.38 Å². The number of thiazole rings is 1. The van der Waals surface area contributed by atoms with E-state index >= 15 is 0 Å². The van der Waals surface area contributed by atoms with Gasteiger partial charge in [0.2, 0.25) is 5.91 Å². The van der Waals surface area contributed by atoms with E-state index in [2.05, 4.69) is 10.3 Å². The molecule has 4 rings (SSSR count). The van der Waals surface area contributed by atoms with Gasteiger partial charge < -0.3 is 14.8 Å². The van der Waals surface area contributed by atoms with Gasteiger partial charge in [0.1, 0.15) is 18.2 Å². The zero-order chi connectivity index (χ0) is 21.8. The highest BCUT2D eigenvalue weighted by atomic mass is 32.1. The number of alkyl halides is 3. The molecular formula is C22H19F3N2O3S. The molecule has 1 aliphatic rings. The van der Waals surface area contributed by atoms with Gasteiger partial charge in [-0.05, 0) is 36.2 Å². The molecule has 0 unspecified atom stereocenters. The van der Waals surface area contributed by atoms with E-state index in [1.807, 2.05) is 18.2 Å².